The van der Waals surface area contributed by atoms with Gasteiger partial charge in [-0.2, -0.15) is 47.9 Å². The zero-order valence-electron chi connectivity index (χ0n) is 42.3. The Hall–Kier alpha value is -4.51. The van der Waals surface area contributed by atoms with Crippen LogP contribution in [0.4, 0.5) is 39.5 Å². The van der Waals surface area contributed by atoms with Crippen LogP contribution in [0.1, 0.15) is 120 Å². The van der Waals surface area contributed by atoms with Crippen molar-refractivity contribution >= 4 is 20.4 Å². The van der Waals surface area contributed by atoms with E-state index >= 15 is 17.6 Å². The van der Waals surface area contributed by atoms with Gasteiger partial charge in [0.2, 0.25) is 0 Å². The van der Waals surface area contributed by atoms with Crippen LogP contribution in [-0.4, -0.2) is 91.2 Å². The van der Waals surface area contributed by atoms with E-state index in [-0.39, 0.29) is 115 Å². The Morgan fingerprint density at radius 1 is 0.347 bits per heavy atom. The quantitative estimate of drug-likeness (QED) is 0.0520. The van der Waals surface area contributed by atoms with Gasteiger partial charge in [-0.15, -0.1) is 0 Å². The summed E-state index contributed by atoms with van der Waals surface area (Å²) in [7, 11) is -13.2. The van der Waals surface area contributed by atoms with Crippen molar-refractivity contribution in [3.05, 3.63) is 36.4 Å². The molecular formula is C49H69F9O12S2. The van der Waals surface area contributed by atoms with Crippen LogP contribution in [-0.2, 0) is 13.7 Å². The number of alkyl halides is 9. The van der Waals surface area contributed by atoms with Crippen molar-refractivity contribution in [3.8, 4) is 51.7 Å². The molecule has 0 aromatic heterocycles. The maximum absolute atomic E-state index is 16.8. The summed E-state index contributed by atoms with van der Waals surface area (Å²) in [5.74, 6) is -18.2. The third-order valence-corrected chi connectivity index (χ3v) is 15.0. The van der Waals surface area contributed by atoms with Crippen molar-refractivity contribution in [2.45, 2.75) is 158 Å². The summed E-state index contributed by atoms with van der Waals surface area (Å²) < 4.78 is 229. The van der Waals surface area contributed by atoms with Crippen molar-refractivity contribution in [1.82, 2.24) is 0 Å². The Morgan fingerprint density at radius 2 is 0.556 bits per heavy atom. The van der Waals surface area contributed by atoms with Crippen LogP contribution in [0.5, 0.6) is 51.7 Å². The van der Waals surface area contributed by atoms with Gasteiger partial charge in [-0.1, -0.05) is 62.3 Å². The molecule has 0 aliphatic carbocycles. The standard InChI is InChI=1S/C49H69F9O12S2/c1-10-19-61-34-28-37(64-22-13-4)43(38(29-34)65-23-14-5)71(70-72(59,60)49(57,58)47(52,53)46(50,51)48(54,55)56,44-39(66-24-15-6)30-35(62-20-11-2)31-40(44)67-25-16-7)45-41(68-26-17-8)32-36(63-21-12-3)33-42(45)69-27-18-9/h28-33H,10-27H2,1-9H3. The summed E-state index contributed by atoms with van der Waals surface area (Å²) in [5, 5.41) is -7.41. The lowest BCUT2D eigenvalue weighted by Gasteiger charge is -2.44. The van der Waals surface area contributed by atoms with E-state index in [1.54, 1.807) is 62.3 Å². The van der Waals surface area contributed by atoms with Gasteiger partial charge in [0.15, 0.2) is 0 Å². The molecule has 12 nitrogen and oxygen atoms in total. The maximum atomic E-state index is 16.8. The Balaban J connectivity index is 3.16. The van der Waals surface area contributed by atoms with Gasteiger partial charge < -0.3 is 42.6 Å². The molecular weight excluding hydrogens is 1020 g/mol. The molecule has 23 heteroatoms. The third kappa shape index (κ3) is 14.0. The first-order valence-electron chi connectivity index (χ1n) is 24.2. The molecule has 412 valence electrons. The second kappa shape index (κ2) is 27.7. The van der Waals surface area contributed by atoms with Crippen molar-refractivity contribution < 1.29 is 94.2 Å². The molecule has 0 aliphatic rings. The van der Waals surface area contributed by atoms with Gasteiger partial charge >= 0.3 is 33.4 Å². The highest BCUT2D eigenvalue weighted by atomic mass is 32.3. The Morgan fingerprint density at radius 3 is 0.750 bits per heavy atom. The van der Waals surface area contributed by atoms with Crippen LogP contribution < -0.4 is 42.6 Å². The highest BCUT2D eigenvalue weighted by Gasteiger charge is 2.86. The average molecular weight is 1090 g/mol. The first-order valence-corrected chi connectivity index (χ1v) is 27.2. The van der Waals surface area contributed by atoms with E-state index in [0.29, 0.717) is 19.3 Å². The molecule has 0 radical (unpaired) electrons. The Labute approximate surface area is 419 Å². The van der Waals surface area contributed by atoms with Crippen LogP contribution in [0.3, 0.4) is 0 Å². The van der Waals surface area contributed by atoms with E-state index in [9.17, 15) is 30.4 Å². The predicted octanol–water partition coefficient (Wildman–Crippen LogP) is 14.8. The van der Waals surface area contributed by atoms with E-state index in [2.05, 4.69) is 0 Å². The monoisotopic (exact) mass is 1080 g/mol. The summed E-state index contributed by atoms with van der Waals surface area (Å²) in [4.78, 5) is -2.02. The number of hydrogen-bond acceptors (Lipinski definition) is 12. The summed E-state index contributed by atoms with van der Waals surface area (Å²) in [6, 6.07) is 7.32. The summed E-state index contributed by atoms with van der Waals surface area (Å²) in [6.45, 7) is 14.3. The Kier molecular flexibility index (Phi) is 23.8. The fourth-order valence-electron chi connectivity index (χ4n) is 6.44. The molecule has 0 bridgehead atoms. The molecule has 3 aromatic rings. The van der Waals surface area contributed by atoms with E-state index in [1.807, 2.05) is 0 Å². The van der Waals surface area contributed by atoms with Crippen molar-refractivity contribution in [2.24, 2.45) is 0 Å². The lowest BCUT2D eigenvalue weighted by Crippen LogP contribution is -2.63. The van der Waals surface area contributed by atoms with Gasteiger partial charge in [0, 0.05) is 36.4 Å². The minimum absolute atomic E-state index is 0.00269. The fraction of sp³-hybridized carbons (Fsp3) is 0.633. The summed E-state index contributed by atoms with van der Waals surface area (Å²) >= 11 is 0. The highest BCUT2D eigenvalue weighted by molar-refractivity contribution is 8.33. The molecule has 0 atom stereocenters. The Bertz CT molecular complexity index is 1990. The topological polar surface area (TPSA) is 126 Å². The van der Waals surface area contributed by atoms with Gasteiger partial charge in [-0.25, -0.2) is 3.63 Å². The van der Waals surface area contributed by atoms with Crippen LogP contribution in [0.2, 0.25) is 0 Å². The zero-order valence-corrected chi connectivity index (χ0v) is 43.9. The van der Waals surface area contributed by atoms with Crippen LogP contribution in [0.25, 0.3) is 0 Å². The highest BCUT2D eigenvalue weighted by Crippen LogP contribution is 2.82. The van der Waals surface area contributed by atoms with Crippen LogP contribution >= 0.6 is 10.3 Å². The summed E-state index contributed by atoms with van der Waals surface area (Å²) in [5.41, 5.74) is 0. The molecule has 0 spiro atoms. The third-order valence-electron chi connectivity index (χ3n) is 9.66. The van der Waals surface area contributed by atoms with Crippen LogP contribution in [0, 0.1) is 0 Å². The molecule has 72 heavy (non-hydrogen) atoms. The molecule has 3 rings (SSSR count). The van der Waals surface area contributed by atoms with E-state index in [4.69, 9.17) is 46.3 Å². The van der Waals surface area contributed by atoms with Gasteiger partial charge in [0.25, 0.3) is 0 Å². The lowest BCUT2D eigenvalue weighted by molar-refractivity contribution is -0.382. The van der Waals surface area contributed by atoms with Crippen molar-refractivity contribution in [3.63, 3.8) is 0 Å². The molecule has 0 aliphatic heterocycles. The molecule has 3 aromatic carbocycles. The number of halogens is 9. The fourth-order valence-corrected chi connectivity index (χ4v) is 12.1. The molecule has 0 saturated carbocycles. The van der Waals surface area contributed by atoms with E-state index in [1.165, 1.54) is 36.4 Å². The predicted molar refractivity (Wildman–Crippen MR) is 255 cm³/mol. The lowest BCUT2D eigenvalue weighted by atomic mass is 10.1. The van der Waals surface area contributed by atoms with E-state index in [0.717, 1.165) is 0 Å². The minimum atomic E-state index is -7.91. The smallest absolute Gasteiger partial charge is 0.460 e. The van der Waals surface area contributed by atoms with Crippen molar-refractivity contribution in [2.75, 3.05) is 59.5 Å². The average Bonchev–Trinajstić information content (AvgIpc) is 3.33. The number of benzene rings is 3. The van der Waals surface area contributed by atoms with Gasteiger partial charge in [0.05, 0.1) is 59.5 Å². The number of rotatable bonds is 35. The molecule has 0 N–H and O–H groups in total. The molecule has 0 fully saturated rings. The molecule has 0 unspecified atom stereocenters. The largest absolute Gasteiger partial charge is 0.493 e. The van der Waals surface area contributed by atoms with E-state index < -0.39 is 92.9 Å². The normalized spacial score (nSPS) is 12.9. The number of ether oxygens (including phenoxy) is 9. The SMILES string of the molecule is CCCOc1cc(OCCC)c(S(OS(=O)(=O)C(F)(F)C(F)(F)C(F)(F)C(F)(F)F)(c2c(OCCC)cc(OCCC)cc2OCCC)c2c(OCCC)cc(OCCC)cc2OCCC)c(OCCC)c1. The van der Waals surface area contributed by atoms with Crippen molar-refractivity contribution in [1.29, 1.82) is 0 Å². The molecule has 0 amide bonds. The van der Waals surface area contributed by atoms with Gasteiger partial charge in [-0.3, -0.25) is 0 Å². The number of hydrogen-bond donors (Lipinski definition) is 0. The minimum Gasteiger partial charge on any atom is -0.493 e. The second-order valence-corrected chi connectivity index (χ2v) is 20.4. The first-order chi connectivity index (χ1) is 34.0. The van der Waals surface area contributed by atoms with Gasteiger partial charge in [-0.05, 0) is 68.1 Å². The zero-order chi connectivity index (χ0) is 54.0. The first kappa shape index (κ1) is 61.8. The second-order valence-electron chi connectivity index (χ2n) is 16.1. The van der Waals surface area contributed by atoms with Gasteiger partial charge in [0.1, 0.15) is 66.4 Å². The molecule has 0 saturated heterocycles. The van der Waals surface area contributed by atoms with Crippen LogP contribution in [0.15, 0.2) is 51.1 Å². The molecule has 0 heterocycles. The maximum Gasteiger partial charge on any atom is 0.460 e. The summed E-state index contributed by atoms with van der Waals surface area (Å²) in [6.07, 6.45) is -4.72.